The van der Waals surface area contributed by atoms with Crippen LogP contribution in [0.15, 0.2) is 0 Å². The van der Waals surface area contributed by atoms with Gasteiger partial charge in [-0.15, -0.1) is 12.4 Å². The highest BCUT2D eigenvalue weighted by Gasteiger charge is 2.35. The molecular formula is C14H25ClN2O2S. The molecule has 6 heteroatoms. The molecule has 1 saturated carbocycles. The quantitative estimate of drug-likeness (QED) is 0.834. The lowest BCUT2D eigenvalue weighted by atomic mass is 10.1. The third kappa shape index (κ3) is 4.52. The van der Waals surface area contributed by atoms with Crippen molar-refractivity contribution in [3.8, 4) is 0 Å². The largest absolute Gasteiger partial charge is 0.381 e. The summed E-state index contributed by atoms with van der Waals surface area (Å²) in [5.41, 5.74) is 0. The van der Waals surface area contributed by atoms with E-state index in [1.54, 1.807) is 0 Å². The van der Waals surface area contributed by atoms with Crippen molar-refractivity contribution in [2.45, 2.75) is 37.8 Å². The molecule has 2 saturated heterocycles. The van der Waals surface area contributed by atoms with E-state index in [4.69, 9.17) is 4.74 Å². The molecular weight excluding hydrogens is 296 g/mol. The lowest BCUT2D eigenvalue weighted by Crippen LogP contribution is -2.44. The third-order valence-corrected chi connectivity index (χ3v) is 5.34. The molecule has 116 valence electrons. The normalized spacial score (nSPS) is 29.8. The number of nitrogens with zero attached hydrogens (tertiary/aromatic N) is 1. The van der Waals surface area contributed by atoms with Crippen molar-refractivity contribution in [1.82, 2.24) is 10.2 Å². The van der Waals surface area contributed by atoms with Gasteiger partial charge in [0.15, 0.2) is 0 Å². The van der Waals surface area contributed by atoms with Gasteiger partial charge in [-0.25, -0.2) is 0 Å². The fourth-order valence-corrected chi connectivity index (χ4v) is 3.87. The number of amides is 1. The monoisotopic (exact) mass is 320 g/mol. The highest BCUT2D eigenvalue weighted by atomic mass is 35.5. The van der Waals surface area contributed by atoms with E-state index in [-0.39, 0.29) is 12.4 Å². The fourth-order valence-electron chi connectivity index (χ4n) is 2.93. The van der Waals surface area contributed by atoms with Crippen LogP contribution >= 0.6 is 24.2 Å². The number of carbonyl (C=O) groups excluding carboxylic acids is 1. The van der Waals surface area contributed by atoms with Gasteiger partial charge in [-0.2, -0.15) is 11.8 Å². The Morgan fingerprint density at radius 1 is 1.35 bits per heavy atom. The second-order valence-corrected chi connectivity index (χ2v) is 7.09. The summed E-state index contributed by atoms with van der Waals surface area (Å²) in [4.78, 5) is 14.7. The Kier molecular flexibility index (Phi) is 6.46. The van der Waals surface area contributed by atoms with Gasteiger partial charge in [0.1, 0.15) is 0 Å². The van der Waals surface area contributed by atoms with Gasteiger partial charge in [-0.3, -0.25) is 4.79 Å². The van der Waals surface area contributed by atoms with E-state index in [1.807, 2.05) is 11.8 Å². The van der Waals surface area contributed by atoms with Crippen LogP contribution in [0.5, 0.6) is 0 Å². The van der Waals surface area contributed by atoms with E-state index in [9.17, 15) is 4.79 Å². The Morgan fingerprint density at radius 2 is 2.20 bits per heavy atom. The van der Waals surface area contributed by atoms with E-state index < -0.39 is 0 Å². The number of halogens is 1. The molecule has 2 unspecified atom stereocenters. The molecule has 3 rings (SSSR count). The second kappa shape index (κ2) is 7.87. The van der Waals surface area contributed by atoms with Crippen molar-refractivity contribution < 1.29 is 9.53 Å². The minimum atomic E-state index is 0. The molecule has 0 bridgehead atoms. The predicted octanol–water partition coefficient (Wildman–Crippen LogP) is 1.53. The van der Waals surface area contributed by atoms with E-state index >= 15 is 0 Å². The van der Waals surface area contributed by atoms with Crippen LogP contribution in [0, 0.1) is 5.92 Å². The highest BCUT2D eigenvalue weighted by Crippen LogP contribution is 2.30. The zero-order valence-corrected chi connectivity index (χ0v) is 13.5. The highest BCUT2D eigenvalue weighted by molar-refractivity contribution is 7.99. The van der Waals surface area contributed by atoms with Gasteiger partial charge >= 0.3 is 0 Å². The van der Waals surface area contributed by atoms with Gasteiger partial charge in [0, 0.05) is 55.6 Å². The van der Waals surface area contributed by atoms with E-state index in [0.717, 1.165) is 38.5 Å². The molecule has 0 spiro atoms. The Hall–Kier alpha value is 0.0300. The molecule has 3 aliphatic rings. The standard InChI is InChI=1S/C14H24N2O2S.ClH/c17-14(7-12-10-19-6-4-15-12)16(13-1-2-13)8-11-3-5-18-9-11;/h11-13,15H,1-10H2;1H. The van der Waals surface area contributed by atoms with Crippen LogP contribution in [0.1, 0.15) is 25.7 Å². The summed E-state index contributed by atoms with van der Waals surface area (Å²) in [6, 6.07) is 0.914. The molecule has 20 heavy (non-hydrogen) atoms. The van der Waals surface area contributed by atoms with E-state index in [2.05, 4.69) is 10.2 Å². The molecule has 0 aromatic rings. The predicted molar refractivity (Wildman–Crippen MR) is 84.6 cm³/mol. The van der Waals surface area contributed by atoms with Gasteiger partial charge in [-0.05, 0) is 19.3 Å². The first-order valence-electron chi connectivity index (χ1n) is 7.51. The minimum absolute atomic E-state index is 0. The van der Waals surface area contributed by atoms with Crippen molar-refractivity contribution in [2.24, 2.45) is 5.92 Å². The first-order valence-corrected chi connectivity index (χ1v) is 8.67. The Bertz CT molecular complexity index is 316. The molecule has 2 heterocycles. The molecule has 2 aliphatic heterocycles. The van der Waals surface area contributed by atoms with E-state index in [1.165, 1.54) is 18.6 Å². The van der Waals surface area contributed by atoms with Crippen molar-refractivity contribution >= 4 is 30.1 Å². The second-order valence-electron chi connectivity index (χ2n) is 5.94. The lowest BCUT2D eigenvalue weighted by Gasteiger charge is -2.29. The summed E-state index contributed by atoms with van der Waals surface area (Å²) in [7, 11) is 0. The van der Waals surface area contributed by atoms with Gasteiger partial charge in [0.05, 0.1) is 6.61 Å². The summed E-state index contributed by atoms with van der Waals surface area (Å²) in [6.45, 7) is 3.68. The van der Waals surface area contributed by atoms with Gasteiger partial charge in [0.2, 0.25) is 5.91 Å². The zero-order chi connectivity index (χ0) is 13.1. The van der Waals surface area contributed by atoms with Gasteiger partial charge in [-0.1, -0.05) is 0 Å². The lowest BCUT2D eigenvalue weighted by molar-refractivity contribution is -0.132. The number of hydrogen-bond donors (Lipinski definition) is 1. The topological polar surface area (TPSA) is 41.6 Å². The van der Waals surface area contributed by atoms with Crippen LogP contribution in [0.25, 0.3) is 0 Å². The average molecular weight is 321 g/mol. The number of rotatable bonds is 5. The van der Waals surface area contributed by atoms with Crippen LogP contribution in [-0.2, 0) is 9.53 Å². The molecule has 4 nitrogen and oxygen atoms in total. The van der Waals surface area contributed by atoms with Gasteiger partial charge < -0.3 is 15.0 Å². The maximum absolute atomic E-state index is 12.5. The molecule has 1 aliphatic carbocycles. The SMILES string of the molecule is Cl.O=C(CC1CSCCN1)N(CC1CCOC1)C1CC1. The van der Waals surface area contributed by atoms with Crippen LogP contribution < -0.4 is 5.32 Å². The molecule has 1 N–H and O–H groups in total. The maximum Gasteiger partial charge on any atom is 0.224 e. The maximum atomic E-state index is 12.5. The molecule has 0 aromatic heterocycles. The average Bonchev–Trinajstić information content (AvgIpc) is 3.14. The van der Waals surface area contributed by atoms with Crippen LogP contribution in [0.3, 0.4) is 0 Å². The number of carbonyl (C=O) groups is 1. The summed E-state index contributed by atoms with van der Waals surface area (Å²) in [5, 5.41) is 3.46. The van der Waals surface area contributed by atoms with Crippen molar-refractivity contribution in [1.29, 1.82) is 0 Å². The Labute approximate surface area is 131 Å². The first kappa shape index (κ1) is 16.4. The Morgan fingerprint density at radius 3 is 2.80 bits per heavy atom. The van der Waals surface area contributed by atoms with Gasteiger partial charge in [0.25, 0.3) is 0 Å². The molecule has 0 radical (unpaired) electrons. The third-order valence-electron chi connectivity index (χ3n) is 4.21. The first-order chi connectivity index (χ1) is 9.33. The summed E-state index contributed by atoms with van der Waals surface area (Å²) >= 11 is 1.96. The minimum Gasteiger partial charge on any atom is -0.381 e. The molecule has 3 fully saturated rings. The van der Waals surface area contributed by atoms with Crippen molar-refractivity contribution in [2.75, 3.05) is 37.8 Å². The van der Waals surface area contributed by atoms with E-state index in [0.29, 0.717) is 30.3 Å². The number of thioether (sulfide) groups is 1. The van der Waals surface area contributed by atoms with Crippen molar-refractivity contribution in [3.63, 3.8) is 0 Å². The Balaban J connectivity index is 0.00000147. The van der Waals surface area contributed by atoms with Crippen LogP contribution in [0.4, 0.5) is 0 Å². The number of nitrogens with one attached hydrogen (secondary N) is 1. The zero-order valence-electron chi connectivity index (χ0n) is 11.9. The summed E-state index contributed by atoms with van der Waals surface area (Å²) in [6.07, 6.45) is 4.20. The number of ether oxygens (including phenoxy) is 1. The summed E-state index contributed by atoms with van der Waals surface area (Å²) < 4.78 is 5.43. The van der Waals surface area contributed by atoms with Crippen LogP contribution in [-0.4, -0.2) is 60.7 Å². The molecule has 1 amide bonds. The van der Waals surface area contributed by atoms with Crippen LogP contribution in [0.2, 0.25) is 0 Å². The fraction of sp³-hybridized carbons (Fsp3) is 0.929. The van der Waals surface area contributed by atoms with Crippen molar-refractivity contribution in [3.05, 3.63) is 0 Å². The summed E-state index contributed by atoms with van der Waals surface area (Å²) in [5.74, 6) is 3.18. The molecule has 0 aromatic carbocycles. The molecule has 2 atom stereocenters. The number of hydrogen-bond acceptors (Lipinski definition) is 4. The smallest absolute Gasteiger partial charge is 0.224 e.